The van der Waals surface area contributed by atoms with Gasteiger partial charge in [-0.05, 0) is 59.7 Å². The Hall–Kier alpha value is -3.99. The molecular weight excluding hydrogens is 406 g/mol. The second-order valence-corrected chi connectivity index (χ2v) is 7.62. The summed E-state index contributed by atoms with van der Waals surface area (Å²) in [6, 6.07) is 25.5. The Morgan fingerprint density at radius 2 is 1.53 bits per heavy atom. The molecule has 5 heteroatoms. The van der Waals surface area contributed by atoms with Crippen molar-refractivity contribution in [2.75, 3.05) is 7.11 Å². The first-order valence-corrected chi connectivity index (χ1v) is 10.2. The molecule has 0 atom stereocenters. The van der Waals surface area contributed by atoms with E-state index in [4.69, 9.17) is 4.74 Å². The third-order valence-electron chi connectivity index (χ3n) is 5.52. The molecule has 2 heterocycles. The van der Waals surface area contributed by atoms with Crippen molar-refractivity contribution < 1.29 is 13.5 Å². The van der Waals surface area contributed by atoms with Gasteiger partial charge in [-0.25, -0.2) is 8.78 Å². The highest BCUT2D eigenvalue weighted by Gasteiger charge is 2.14. The fourth-order valence-electron chi connectivity index (χ4n) is 3.96. The van der Waals surface area contributed by atoms with E-state index >= 15 is 0 Å². The second-order valence-electron chi connectivity index (χ2n) is 7.62. The van der Waals surface area contributed by atoms with Crippen LogP contribution in [0.25, 0.3) is 33.4 Å². The number of methoxy groups -OCH3 is 1. The third kappa shape index (κ3) is 3.85. The summed E-state index contributed by atoms with van der Waals surface area (Å²) in [6.07, 6.45) is 1.77. The number of hydrogen-bond acceptors (Lipinski definition) is 2. The van der Waals surface area contributed by atoms with Gasteiger partial charge >= 0.3 is 0 Å². The molecule has 0 aliphatic rings. The van der Waals surface area contributed by atoms with Crippen LogP contribution in [0.1, 0.15) is 5.56 Å². The van der Waals surface area contributed by atoms with Crippen molar-refractivity contribution in [3.8, 4) is 28.3 Å². The Kier molecular flexibility index (Phi) is 5.15. The van der Waals surface area contributed by atoms with Gasteiger partial charge in [-0.1, -0.05) is 30.3 Å². The van der Waals surface area contributed by atoms with Crippen LogP contribution >= 0.6 is 0 Å². The van der Waals surface area contributed by atoms with Crippen LogP contribution in [-0.4, -0.2) is 16.7 Å². The summed E-state index contributed by atoms with van der Waals surface area (Å²) in [6.45, 7) is 0.668. The quantitative estimate of drug-likeness (QED) is 0.312. The molecule has 0 N–H and O–H groups in total. The average molecular weight is 426 g/mol. The fourth-order valence-corrected chi connectivity index (χ4v) is 3.96. The van der Waals surface area contributed by atoms with Crippen LogP contribution in [0.4, 0.5) is 8.78 Å². The van der Waals surface area contributed by atoms with Gasteiger partial charge in [-0.2, -0.15) is 0 Å². The minimum Gasteiger partial charge on any atom is -0.497 e. The standard InChI is InChI=1S/C27H20F2N2O/c1-32-24-9-7-19(8-10-24)26-14-21-13-25(20-11-22(28)15-23(29)12-20)30-16-27(21)31(26)17-18-5-3-2-4-6-18/h2-16H,17H2,1H3. The van der Waals surface area contributed by atoms with Crippen molar-refractivity contribution in [2.24, 2.45) is 0 Å². The number of rotatable bonds is 5. The normalized spacial score (nSPS) is 11.1. The average Bonchev–Trinajstić information content (AvgIpc) is 3.16. The fraction of sp³-hybridized carbons (Fsp3) is 0.0741. The Balaban J connectivity index is 1.66. The first-order chi connectivity index (χ1) is 15.6. The molecule has 3 aromatic carbocycles. The molecule has 0 saturated heterocycles. The number of fused-ring (bicyclic) bond motifs is 1. The molecule has 158 valence electrons. The van der Waals surface area contributed by atoms with E-state index in [1.54, 1.807) is 13.3 Å². The van der Waals surface area contributed by atoms with Crippen LogP contribution in [0, 0.1) is 11.6 Å². The third-order valence-corrected chi connectivity index (χ3v) is 5.52. The van der Waals surface area contributed by atoms with Gasteiger partial charge < -0.3 is 9.30 Å². The molecule has 0 aliphatic carbocycles. The highest BCUT2D eigenvalue weighted by atomic mass is 19.1. The lowest BCUT2D eigenvalue weighted by molar-refractivity contribution is 0.415. The van der Waals surface area contributed by atoms with Crippen LogP contribution < -0.4 is 4.74 Å². The smallest absolute Gasteiger partial charge is 0.126 e. The van der Waals surface area contributed by atoms with Crippen molar-refractivity contribution in [3.05, 3.63) is 108 Å². The highest BCUT2D eigenvalue weighted by Crippen LogP contribution is 2.32. The monoisotopic (exact) mass is 426 g/mol. The summed E-state index contributed by atoms with van der Waals surface area (Å²) in [5.74, 6) is -0.457. The van der Waals surface area contributed by atoms with Crippen molar-refractivity contribution in [1.82, 2.24) is 9.55 Å². The molecule has 3 nitrogen and oxygen atoms in total. The number of benzene rings is 3. The van der Waals surface area contributed by atoms with E-state index in [2.05, 4.69) is 27.8 Å². The van der Waals surface area contributed by atoms with E-state index in [1.165, 1.54) is 12.1 Å². The van der Waals surface area contributed by atoms with Crippen LogP contribution in [-0.2, 0) is 6.54 Å². The maximum atomic E-state index is 13.7. The molecule has 0 bridgehead atoms. The molecule has 0 fully saturated rings. The summed E-state index contributed by atoms with van der Waals surface area (Å²) in [5, 5.41) is 0.946. The second kappa shape index (κ2) is 8.27. The largest absolute Gasteiger partial charge is 0.497 e. The van der Waals surface area contributed by atoms with Gasteiger partial charge in [0.25, 0.3) is 0 Å². The predicted octanol–water partition coefficient (Wildman–Crippen LogP) is 6.71. The Morgan fingerprint density at radius 1 is 0.812 bits per heavy atom. The zero-order valence-electron chi connectivity index (χ0n) is 17.4. The van der Waals surface area contributed by atoms with Gasteiger partial charge in [-0.3, -0.25) is 4.98 Å². The van der Waals surface area contributed by atoms with E-state index in [0.29, 0.717) is 17.8 Å². The number of hydrogen-bond donors (Lipinski definition) is 0. The summed E-state index contributed by atoms with van der Waals surface area (Å²) in [4.78, 5) is 4.52. The molecule has 0 amide bonds. The van der Waals surface area contributed by atoms with Crippen molar-refractivity contribution in [3.63, 3.8) is 0 Å². The first-order valence-electron chi connectivity index (χ1n) is 10.2. The van der Waals surface area contributed by atoms with E-state index in [1.807, 2.05) is 48.5 Å². The Labute approximate surface area is 184 Å². The lowest BCUT2D eigenvalue weighted by atomic mass is 10.1. The van der Waals surface area contributed by atoms with Crippen LogP contribution in [0.5, 0.6) is 5.75 Å². The number of pyridine rings is 1. The van der Waals surface area contributed by atoms with Crippen LogP contribution in [0.3, 0.4) is 0 Å². The summed E-state index contributed by atoms with van der Waals surface area (Å²) in [7, 11) is 1.64. The van der Waals surface area contributed by atoms with Crippen LogP contribution in [0.15, 0.2) is 91.1 Å². The van der Waals surface area contributed by atoms with Gasteiger partial charge in [0.15, 0.2) is 0 Å². The highest BCUT2D eigenvalue weighted by molar-refractivity contribution is 5.89. The van der Waals surface area contributed by atoms with Crippen molar-refractivity contribution in [1.29, 1.82) is 0 Å². The van der Waals surface area contributed by atoms with Crippen LogP contribution in [0.2, 0.25) is 0 Å². The molecule has 5 aromatic rings. The maximum Gasteiger partial charge on any atom is 0.126 e. The van der Waals surface area contributed by atoms with Gasteiger partial charge in [0.1, 0.15) is 17.4 Å². The molecule has 2 aromatic heterocycles. The van der Waals surface area contributed by atoms with Gasteiger partial charge in [0, 0.05) is 29.3 Å². The number of nitrogens with zero attached hydrogens (tertiary/aromatic N) is 2. The Bertz CT molecular complexity index is 1370. The molecule has 0 radical (unpaired) electrons. The van der Waals surface area contributed by atoms with Gasteiger partial charge in [0.05, 0.1) is 24.5 Å². The van der Waals surface area contributed by atoms with Gasteiger partial charge in [0.2, 0.25) is 0 Å². The predicted molar refractivity (Wildman–Crippen MR) is 123 cm³/mol. The Morgan fingerprint density at radius 3 is 2.22 bits per heavy atom. The summed E-state index contributed by atoms with van der Waals surface area (Å²) >= 11 is 0. The lowest BCUT2D eigenvalue weighted by Gasteiger charge is -2.12. The lowest BCUT2D eigenvalue weighted by Crippen LogP contribution is -2.02. The molecule has 0 unspecified atom stereocenters. The maximum absolute atomic E-state index is 13.7. The number of ether oxygens (including phenoxy) is 1. The summed E-state index contributed by atoms with van der Waals surface area (Å²) < 4.78 is 35.0. The molecule has 0 aliphatic heterocycles. The molecular formula is C27H20F2N2O. The zero-order valence-corrected chi connectivity index (χ0v) is 17.4. The van der Waals surface area contributed by atoms with Gasteiger partial charge in [-0.15, -0.1) is 0 Å². The topological polar surface area (TPSA) is 27.1 Å². The SMILES string of the molecule is COc1ccc(-c2cc3cc(-c4cc(F)cc(F)c4)ncc3n2Cc2ccccc2)cc1. The van der Waals surface area contributed by atoms with E-state index in [-0.39, 0.29) is 0 Å². The van der Waals surface area contributed by atoms with E-state index < -0.39 is 11.6 Å². The minimum atomic E-state index is -0.623. The first kappa shape index (κ1) is 19.9. The minimum absolute atomic E-state index is 0.409. The van der Waals surface area contributed by atoms with Crippen molar-refractivity contribution >= 4 is 10.9 Å². The summed E-state index contributed by atoms with van der Waals surface area (Å²) in [5.41, 5.74) is 5.10. The molecule has 0 saturated carbocycles. The van der Waals surface area contributed by atoms with E-state index in [0.717, 1.165) is 39.5 Å². The van der Waals surface area contributed by atoms with E-state index in [9.17, 15) is 8.78 Å². The molecule has 32 heavy (non-hydrogen) atoms. The molecule has 0 spiro atoms. The number of aromatic nitrogens is 2. The molecule has 5 rings (SSSR count). The zero-order chi connectivity index (χ0) is 22.1. The van der Waals surface area contributed by atoms with Crippen molar-refractivity contribution in [2.45, 2.75) is 6.54 Å². The number of halogens is 2.